The van der Waals surface area contributed by atoms with Gasteiger partial charge in [-0.1, -0.05) is 36.4 Å². The second-order valence-electron chi connectivity index (χ2n) is 4.36. The van der Waals surface area contributed by atoms with Gasteiger partial charge >= 0.3 is 0 Å². The van der Waals surface area contributed by atoms with Crippen molar-refractivity contribution in [3.63, 3.8) is 0 Å². The SMILES string of the molecule is C=C(C)CNC(=O)c1cc2ccccc2cc1O. The Balaban J connectivity index is 2.35. The van der Waals surface area contributed by atoms with Gasteiger partial charge in [0.15, 0.2) is 0 Å². The summed E-state index contributed by atoms with van der Waals surface area (Å²) < 4.78 is 0. The van der Waals surface area contributed by atoms with Gasteiger partial charge in [0.05, 0.1) is 5.56 Å². The van der Waals surface area contributed by atoms with Crippen molar-refractivity contribution in [2.45, 2.75) is 6.92 Å². The quantitative estimate of drug-likeness (QED) is 0.812. The van der Waals surface area contributed by atoms with E-state index in [9.17, 15) is 9.90 Å². The van der Waals surface area contributed by atoms with Crippen LogP contribution in [-0.4, -0.2) is 17.6 Å². The second-order valence-corrected chi connectivity index (χ2v) is 4.36. The standard InChI is InChI=1S/C15H15NO2/c1-10(2)9-16-15(18)13-7-11-5-3-4-6-12(11)8-14(13)17/h3-8,17H,1,9H2,2H3,(H,16,18). The largest absolute Gasteiger partial charge is 0.507 e. The number of fused-ring (bicyclic) bond motifs is 1. The summed E-state index contributed by atoms with van der Waals surface area (Å²) in [7, 11) is 0. The number of amides is 1. The minimum atomic E-state index is -0.291. The fraction of sp³-hybridized carbons (Fsp3) is 0.133. The number of phenols is 1. The number of benzene rings is 2. The molecule has 0 spiro atoms. The van der Waals surface area contributed by atoms with Crippen LogP contribution in [0.3, 0.4) is 0 Å². The summed E-state index contributed by atoms with van der Waals surface area (Å²) in [6.07, 6.45) is 0. The van der Waals surface area contributed by atoms with E-state index in [1.807, 2.05) is 31.2 Å². The molecule has 0 fully saturated rings. The van der Waals surface area contributed by atoms with Crippen molar-refractivity contribution < 1.29 is 9.90 Å². The molecule has 0 atom stereocenters. The van der Waals surface area contributed by atoms with Crippen LogP contribution in [0.25, 0.3) is 10.8 Å². The highest BCUT2D eigenvalue weighted by molar-refractivity contribution is 6.01. The highest BCUT2D eigenvalue weighted by atomic mass is 16.3. The Hall–Kier alpha value is -2.29. The maximum atomic E-state index is 11.9. The van der Waals surface area contributed by atoms with Crippen LogP contribution in [0.2, 0.25) is 0 Å². The van der Waals surface area contributed by atoms with E-state index in [0.717, 1.165) is 16.3 Å². The van der Waals surface area contributed by atoms with Crippen molar-refractivity contribution in [1.29, 1.82) is 0 Å². The molecule has 2 rings (SSSR count). The molecule has 2 aromatic rings. The highest BCUT2D eigenvalue weighted by Crippen LogP contribution is 2.24. The zero-order valence-electron chi connectivity index (χ0n) is 10.2. The van der Waals surface area contributed by atoms with Gasteiger partial charge in [0.25, 0.3) is 5.91 Å². The second kappa shape index (κ2) is 4.92. The Morgan fingerprint density at radius 2 is 1.89 bits per heavy atom. The molecule has 2 N–H and O–H groups in total. The van der Waals surface area contributed by atoms with Crippen LogP contribution in [0.4, 0.5) is 0 Å². The first kappa shape index (κ1) is 12.2. The van der Waals surface area contributed by atoms with E-state index in [1.54, 1.807) is 12.1 Å². The minimum absolute atomic E-state index is 0.00656. The predicted molar refractivity (Wildman–Crippen MR) is 72.8 cm³/mol. The van der Waals surface area contributed by atoms with Crippen LogP contribution in [0.5, 0.6) is 5.75 Å². The van der Waals surface area contributed by atoms with Crippen molar-refractivity contribution in [3.05, 3.63) is 54.1 Å². The number of hydrogen-bond donors (Lipinski definition) is 2. The average Bonchev–Trinajstić information content (AvgIpc) is 2.35. The molecule has 0 heterocycles. The Morgan fingerprint density at radius 1 is 1.28 bits per heavy atom. The number of hydrogen-bond acceptors (Lipinski definition) is 2. The van der Waals surface area contributed by atoms with Crippen molar-refractivity contribution in [1.82, 2.24) is 5.32 Å². The normalized spacial score (nSPS) is 10.3. The Morgan fingerprint density at radius 3 is 2.50 bits per heavy atom. The molecule has 0 aromatic heterocycles. The maximum Gasteiger partial charge on any atom is 0.255 e. The van der Waals surface area contributed by atoms with E-state index in [2.05, 4.69) is 11.9 Å². The molecule has 92 valence electrons. The molecule has 1 amide bonds. The van der Waals surface area contributed by atoms with Gasteiger partial charge in [0.1, 0.15) is 5.75 Å². The fourth-order valence-electron chi connectivity index (χ4n) is 1.74. The third kappa shape index (κ3) is 2.51. The van der Waals surface area contributed by atoms with Gasteiger partial charge in [-0.2, -0.15) is 0 Å². The molecule has 0 saturated heterocycles. The molecule has 0 saturated carbocycles. The number of phenolic OH excluding ortho intramolecular Hbond substituents is 1. The molecule has 3 heteroatoms. The number of nitrogens with one attached hydrogen (secondary N) is 1. The third-order valence-corrected chi connectivity index (χ3v) is 2.66. The van der Waals surface area contributed by atoms with Crippen LogP contribution in [0.15, 0.2) is 48.6 Å². The van der Waals surface area contributed by atoms with Gasteiger partial charge in [-0.3, -0.25) is 4.79 Å². The first-order valence-electron chi connectivity index (χ1n) is 5.72. The monoisotopic (exact) mass is 241 g/mol. The summed E-state index contributed by atoms with van der Waals surface area (Å²) in [4.78, 5) is 11.9. The van der Waals surface area contributed by atoms with Gasteiger partial charge in [0.2, 0.25) is 0 Å². The van der Waals surface area contributed by atoms with Crippen LogP contribution < -0.4 is 5.32 Å². The van der Waals surface area contributed by atoms with Gasteiger partial charge in [0, 0.05) is 6.54 Å². The molecular formula is C15H15NO2. The smallest absolute Gasteiger partial charge is 0.255 e. The van der Waals surface area contributed by atoms with Gasteiger partial charge in [-0.15, -0.1) is 0 Å². The van der Waals surface area contributed by atoms with E-state index >= 15 is 0 Å². The lowest BCUT2D eigenvalue weighted by atomic mass is 10.1. The summed E-state index contributed by atoms with van der Waals surface area (Å²) in [6.45, 7) is 5.96. The van der Waals surface area contributed by atoms with Gasteiger partial charge in [-0.05, 0) is 29.8 Å². The number of aromatic hydroxyl groups is 1. The predicted octanol–water partition coefficient (Wildman–Crippen LogP) is 2.85. The molecule has 18 heavy (non-hydrogen) atoms. The van der Waals surface area contributed by atoms with E-state index < -0.39 is 0 Å². The van der Waals surface area contributed by atoms with Gasteiger partial charge < -0.3 is 10.4 Å². The lowest BCUT2D eigenvalue weighted by Crippen LogP contribution is -2.24. The minimum Gasteiger partial charge on any atom is -0.507 e. The molecule has 0 unspecified atom stereocenters. The molecule has 0 radical (unpaired) electrons. The van der Waals surface area contributed by atoms with E-state index in [1.165, 1.54) is 0 Å². The first-order chi connectivity index (χ1) is 8.58. The maximum absolute atomic E-state index is 11.9. The molecule has 0 aliphatic heterocycles. The van der Waals surface area contributed by atoms with Crippen molar-refractivity contribution >= 4 is 16.7 Å². The summed E-state index contributed by atoms with van der Waals surface area (Å²) in [5.74, 6) is -0.297. The van der Waals surface area contributed by atoms with Crippen molar-refractivity contribution in [3.8, 4) is 5.75 Å². The molecule has 2 aromatic carbocycles. The topological polar surface area (TPSA) is 49.3 Å². The van der Waals surface area contributed by atoms with Gasteiger partial charge in [-0.25, -0.2) is 0 Å². The van der Waals surface area contributed by atoms with Crippen LogP contribution >= 0.6 is 0 Å². The lowest BCUT2D eigenvalue weighted by molar-refractivity contribution is 0.0954. The van der Waals surface area contributed by atoms with E-state index in [0.29, 0.717) is 6.54 Å². The van der Waals surface area contributed by atoms with Crippen molar-refractivity contribution in [2.75, 3.05) is 6.54 Å². The number of carbonyl (C=O) groups is 1. The van der Waals surface area contributed by atoms with E-state index in [4.69, 9.17) is 0 Å². The number of carbonyl (C=O) groups excluding carboxylic acids is 1. The zero-order chi connectivity index (χ0) is 13.1. The molecule has 0 bridgehead atoms. The van der Waals surface area contributed by atoms with Crippen molar-refractivity contribution in [2.24, 2.45) is 0 Å². The Bertz CT molecular complexity index is 617. The van der Waals surface area contributed by atoms with Crippen LogP contribution in [0, 0.1) is 0 Å². The molecule has 0 aliphatic rings. The summed E-state index contributed by atoms with van der Waals surface area (Å²) >= 11 is 0. The first-order valence-corrected chi connectivity index (χ1v) is 5.72. The fourth-order valence-corrected chi connectivity index (χ4v) is 1.74. The third-order valence-electron chi connectivity index (χ3n) is 2.66. The summed E-state index contributed by atoms with van der Waals surface area (Å²) in [6, 6.07) is 10.9. The zero-order valence-corrected chi connectivity index (χ0v) is 10.2. The van der Waals surface area contributed by atoms with Crippen LogP contribution in [-0.2, 0) is 0 Å². The Kier molecular flexibility index (Phi) is 3.33. The van der Waals surface area contributed by atoms with E-state index in [-0.39, 0.29) is 17.2 Å². The molecule has 0 aliphatic carbocycles. The molecular weight excluding hydrogens is 226 g/mol. The lowest BCUT2D eigenvalue weighted by Gasteiger charge is -2.08. The molecule has 3 nitrogen and oxygen atoms in total. The summed E-state index contributed by atoms with van der Waals surface area (Å²) in [5, 5.41) is 14.4. The van der Waals surface area contributed by atoms with Crippen LogP contribution in [0.1, 0.15) is 17.3 Å². The Labute approximate surface area is 106 Å². The average molecular weight is 241 g/mol. The summed E-state index contributed by atoms with van der Waals surface area (Å²) in [5.41, 5.74) is 1.15. The number of rotatable bonds is 3. The highest BCUT2D eigenvalue weighted by Gasteiger charge is 2.11.